The molecular formula is C15H15N5. The molecule has 0 bridgehead atoms. The molecule has 0 unspecified atom stereocenters. The van der Waals surface area contributed by atoms with Gasteiger partial charge < -0.3 is 5.32 Å². The van der Waals surface area contributed by atoms with Crippen LogP contribution in [0.25, 0.3) is 22.8 Å². The average molecular weight is 265 g/mol. The smallest absolute Gasteiger partial charge is 0.182 e. The van der Waals surface area contributed by atoms with E-state index in [-0.39, 0.29) is 0 Å². The van der Waals surface area contributed by atoms with Crippen LogP contribution in [0, 0.1) is 0 Å². The molecule has 0 spiro atoms. The Kier molecular flexibility index (Phi) is 3.16. The summed E-state index contributed by atoms with van der Waals surface area (Å²) in [7, 11) is 3.73. The molecule has 0 radical (unpaired) electrons. The Morgan fingerprint density at radius 2 is 1.80 bits per heavy atom. The van der Waals surface area contributed by atoms with Crippen molar-refractivity contribution in [2.24, 2.45) is 7.05 Å². The lowest BCUT2D eigenvalue weighted by molar-refractivity contribution is 0.768. The maximum absolute atomic E-state index is 4.61. The van der Waals surface area contributed by atoms with Crippen molar-refractivity contribution in [2.75, 3.05) is 12.4 Å². The van der Waals surface area contributed by atoms with Crippen LogP contribution in [0.15, 0.2) is 48.7 Å². The van der Waals surface area contributed by atoms with E-state index in [2.05, 4.69) is 20.4 Å². The first kappa shape index (κ1) is 12.3. The summed E-state index contributed by atoms with van der Waals surface area (Å²) < 4.78 is 1.74. The molecule has 0 amide bonds. The first-order valence-corrected chi connectivity index (χ1v) is 6.38. The molecule has 2 aromatic heterocycles. The Morgan fingerprint density at radius 1 is 1.00 bits per heavy atom. The van der Waals surface area contributed by atoms with Crippen LogP contribution < -0.4 is 5.32 Å². The molecule has 5 nitrogen and oxygen atoms in total. The van der Waals surface area contributed by atoms with E-state index in [1.807, 2.05) is 62.8 Å². The summed E-state index contributed by atoms with van der Waals surface area (Å²) in [4.78, 5) is 9.07. The fourth-order valence-electron chi connectivity index (χ4n) is 1.98. The number of nitrogens with one attached hydrogen (secondary N) is 1. The van der Waals surface area contributed by atoms with Crippen LogP contribution >= 0.6 is 0 Å². The molecule has 2 heterocycles. The lowest BCUT2D eigenvalue weighted by Gasteiger charge is -2.06. The highest BCUT2D eigenvalue weighted by Crippen LogP contribution is 2.23. The van der Waals surface area contributed by atoms with Crippen LogP contribution in [-0.4, -0.2) is 26.8 Å². The molecule has 0 saturated carbocycles. The minimum atomic E-state index is 0.622. The van der Waals surface area contributed by atoms with Gasteiger partial charge in [-0.15, -0.1) is 0 Å². The molecule has 20 heavy (non-hydrogen) atoms. The molecule has 0 aliphatic rings. The van der Waals surface area contributed by atoms with Crippen LogP contribution in [0.3, 0.4) is 0 Å². The largest absolute Gasteiger partial charge is 0.373 e. The first-order chi connectivity index (χ1) is 9.76. The van der Waals surface area contributed by atoms with Gasteiger partial charge in [0.15, 0.2) is 5.82 Å². The van der Waals surface area contributed by atoms with Crippen molar-refractivity contribution < 1.29 is 0 Å². The maximum atomic E-state index is 4.61. The van der Waals surface area contributed by atoms with Gasteiger partial charge in [0.05, 0.1) is 5.69 Å². The lowest BCUT2D eigenvalue weighted by atomic mass is 10.1. The van der Waals surface area contributed by atoms with E-state index in [1.165, 1.54) is 0 Å². The molecule has 3 rings (SSSR count). The quantitative estimate of drug-likeness (QED) is 0.791. The van der Waals surface area contributed by atoms with E-state index in [9.17, 15) is 0 Å². The third-order valence-corrected chi connectivity index (χ3v) is 2.99. The second-order valence-corrected chi connectivity index (χ2v) is 4.45. The highest BCUT2D eigenvalue weighted by atomic mass is 15.3. The zero-order valence-electron chi connectivity index (χ0n) is 11.4. The number of aryl methyl sites for hydroxylation is 1. The van der Waals surface area contributed by atoms with Crippen molar-refractivity contribution >= 4 is 5.82 Å². The molecule has 0 aliphatic carbocycles. The highest BCUT2D eigenvalue weighted by molar-refractivity contribution is 5.66. The van der Waals surface area contributed by atoms with Gasteiger partial charge in [-0.05, 0) is 6.07 Å². The third kappa shape index (κ3) is 2.38. The molecule has 1 N–H and O–H groups in total. The van der Waals surface area contributed by atoms with Crippen LogP contribution in [0.1, 0.15) is 0 Å². The summed E-state index contributed by atoms with van der Waals surface area (Å²) in [5, 5.41) is 7.42. The van der Waals surface area contributed by atoms with Crippen molar-refractivity contribution in [1.82, 2.24) is 19.7 Å². The molecule has 0 atom stereocenters. The average Bonchev–Trinajstić information content (AvgIpc) is 2.94. The second-order valence-electron chi connectivity index (χ2n) is 4.45. The van der Waals surface area contributed by atoms with Crippen LogP contribution in [0.4, 0.5) is 5.82 Å². The van der Waals surface area contributed by atoms with Gasteiger partial charge >= 0.3 is 0 Å². The van der Waals surface area contributed by atoms with Gasteiger partial charge in [-0.3, -0.25) is 4.68 Å². The van der Waals surface area contributed by atoms with Crippen molar-refractivity contribution in [3.8, 4) is 22.8 Å². The van der Waals surface area contributed by atoms with Gasteiger partial charge in [0.1, 0.15) is 11.5 Å². The van der Waals surface area contributed by atoms with Crippen LogP contribution in [-0.2, 0) is 7.05 Å². The Morgan fingerprint density at radius 3 is 2.45 bits per heavy atom. The first-order valence-electron chi connectivity index (χ1n) is 6.38. The zero-order chi connectivity index (χ0) is 13.9. The van der Waals surface area contributed by atoms with Crippen LogP contribution in [0.5, 0.6) is 0 Å². The molecule has 0 saturated heterocycles. The number of aromatic nitrogens is 4. The standard InChI is InChI=1S/C15H15N5/c1-16-14-10-13(11-6-4-3-5-7-11)17-15(18-14)12-8-9-20(2)19-12/h3-10H,1-2H3,(H,16,17,18). The highest BCUT2D eigenvalue weighted by Gasteiger charge is 2.09. The number of hydrogen-bond donors (Lipinski definition) is 1. The lowest BCUT2D eigenvalue weighted by Crippen LogP contribution is -1.99. The number of rotatable bonds is 3. The molecule has 5 heteroatoms. The van der Waals surface area contributed by atoms with E-state index >= 15 is 0 Å². The van der Waals surface area contributed by atoms with Crippen LogP contribution in [0.2, 0.25) is 0 Å². The van der Waals surface area contributed by atoms with Gasteiger partial charge in [0.25, 0.3) is 0 Å². The van der Waals surface area contributed by atoms with Gasteiger partial charge in [-0.2, -0.15) is 5.10 Å². The van der Waals surface area contributed by atoms with Crippen molar-refractivity contribution in [3.63, 3.8) is 0 Å². The minimum absolute atomic E-state index is 0.622. The van der Waals surface area contributed by atoms with Gasteiger partial charge in [0, 0.05) is 31.9 Å². The molecule has 3 aromatic rings. The number of anilines is 1. The van der Waals surface area contributed by atoms with E-state index in [4.69, 9.17) is 0 Å². The van der Waals surface area contributed by atoms with E-state index in [0.29, 0.717) is 5.82 Å². The van der Waals surface area contributed by atoms with Gasteiger partial charge in [0.2, 0.25) is 0 Å². The summed E-state index contributed by atoms with van der Waals surface area (Å²) in [5.41, 5.74) is 2.70. The summed E-state index contributed by atoms with van der Waals surface area (Å²) in [5.74, 6) is 1.40. The minimum Gasteiger partial charge on any atom is -0.373 e. The van der Waals surface area contributed by atoms with E-state index in [0.717, 1.165) is 22.8 Å². The predicted molar refractivity (Wildman–Crippen MR) is 79.2 cm³/mol. The Bertz CT molecular complexity index is 718. The second kappa shape index (κ2) is 5.13. The van der Waals surface area contributed by atoms with Crippen molar-refractivity contribution in [1.29, 1.82) is 0 Å². The van der Waals surface area contributed by atoms with E-state index < -0.39 is 0 Å². The monoisotopic (exact) mass is 265 g/mol. The summed E-state index contributed by atoms with van der Waals surface area (Å²) in [6, 6.07) is 13.9. The molecule has 1 aromatic carbocycles. The fraction of sp³-hybridized carbons (Fsp3) is 0.133. The molecule has 0 fully saturated rings. The molecule has 100 valence electrons. The zero-order valence-corrected chi connectivity index (χ0v) is 11.4. The van der Waals surface area contributed by atoms with Gasteiger partial charge in [-0.25, -0.2) is 9.97 Å². The van der Waals surface area contributed by atoms with Crippen molar-refractivity contribution in [3.05, 3.63) is 48.7 Å². The third-order valence-electron chi connectivity index (χ3n) is 2.99. The molecule has 0 aliphatic heterocycles. The predicted octanol–water partition coefficient (Wildman–Crippen LogP) is 2.59. The topological polar surface area (TPSA) is 55.6 Å². The Labute approximate surface area is 117 Å². The normalized spacial score (nSPS) is 10.5. The number of nitrogens with zero attached hydrogens (tertiary/aromatic N) is 4. The fourth-order valence-corrected chi connectivity index (χ4v) is 1.98. The summed E-state index contributed by atoms with van der Waals surface area (Å²) in [6.07, 6.45) is 1.88. The van der Waals surface area contributed by atoms with E-state index in [1.54, 1.807) is 4.68 Å². The Hall–Kier alpha value is -2.69. The number of benzene rings is 1. The number of hydrogen-bond acceptors (Lipinski definition) is 4. The molecular weight excluding hydrogens is 250 g/mol. The summed E-state index contributed by atoms with van der Waals surface area (Å²) in [6.45, 7) is 0. The van der Waals surface area contributed by atoms with Gasteiger partial charge in [-0.1, -0.05) is 30.3 Å². The SMILES string of the molecule is CNc1cc(-c2ccccc2)nc(-c2ccn(C)n2)n1. The summed E-state index contributed by atoms with van der Waals surface area (Å²) >= 11 is 0. The van der Waals surface area contributed by atoms with Crippen molar-refractivity contribution in [2.45, 2.75) is 0 Å². The Balaban J connectivity index is 2.12. The maximum Gasteiger partial charge on any atom is 0.182 e.